The van der Waals surface area contributed by atoms with E-state index in [4.69, 9.17) is 0 Å². The van der Waals surface area contributed by atoms with Gasteiger partial charge in [0.2, 0.25) is 0 Å². The van der Waals surface area contributed by atoms with Crippen LogP contribution in [0.4, 0.5) is 4.39 Å². The Balaban J connectivity index is 2.13. The van der Waals surface area contributed by atoms with E-state index < -0.39 is 0 Å². The second kappa shape index (κ2) is 4.41. The number of nitrogens with zero attached hydrogens (tertiary/aromatic N) is 3. The van der Waals surface area contributed by atoms with Gasteiger partial charge in [-0.2, -0.15) is 0 Å². The molecule has 18 heavy (non-hydrogen) atoms. The van der Waals surface area contributed by atoms with E-state index in [0.29, 0.717) is 11.5 Å². The van der Waals surface area contributed by atoms with Gasteiger partial charge >= 0.3 is 0 Å². The van der Waals surface area contributed by atoms with Crippen molar-refractivity contribution in [1.29, 1.82) is 0 Å². The van der Waals surface area contributed by atoms with Crippen LogP contribution in [-0.4, -0.2) is 14.8 Å². The highest BCUT2D eigenvalue weighted by atomic mass is 19.1. The Morgan fingerprint density at radius 1 is 0.944 bits per heavy atom. The Morgan fingerprint density at radius 3 is 2.56 bits per heavy atom. The van der Waals surface area contributed by atoms with E-state index in [1.807, 2.05) is 36.4 Å². The van der Waals surface area contributed by atoms with Crippen molar-refractivity contribution in [3.8, 4) is 17.1 Å². The van der Waals surface area contributed by atoms with Crippen LogP contribution >= 0.6 is 0 Å². The lowest BCUT2D eigenvalue weighted by Gasteiger charge is -2.06. The van der Waals surface area contributed by atoms with Crippen molar-refractivity contribution in [2.45, 2.75) is 0 Å². The first-order chi connectivity index (χ1) is 8.84. The van der Waals surface area contributed by atoms with Gasteiger partial charge < -0.3 is 0 Å². The monoisotopic (exact) mass is 239 g/mol. The maximum Gasteiger partial charge on any atom is 0.168 e. The molecule has 0 spiro atoms. The Hall–Kier alpha value is -2.49. The van der Waals surface area contributed by atoms with E-state index in [1.165, 1.54) is 12.1 Å². The minimum atomic E-state index is -0.278. The minimum Gasteiger partial charge on any atom is -0.282 e. The van der Waals surface area contributed by atoms with Crippen LogP contribution in [-0.2, 0) is 0 Å². The molecule has 0 aliphatic rings. The highest BCUT2D eigenvalue weighted by Gasteiger charge is 2.08. The molecule has 0 fully saturated rings. The van der Waals surface area contributed by atoms with Crippen LogP contribution in [0.3, 0.4) is 0 Å². The first kappa shape index (κ1) is 10.7. The maximum absolute atomic E-state index is 13.2. The van der Waals surface area contributed by atoms with Crippen molar-refractivity contribution in [3.05, 3.63) is 66.7 Å². The van der Waals surface area contributed by atoms with Gasteiger partial charge in [0.25, 0.3) is 0 Å². The summed E-state index contributed by atoms with van der Waals surface area (Å²) >= 11 is 0. The number of hydrogen-bond acceptors (Lipinski definition) is 2. The van der Waals surface area contributed by atoms with E-state index >= 15 is 0 Å². The summed E-state index contributed by atoms with van der Waals surface area (Å²) < 4.78 is 15.0. The summed E-state index contributed by atoms with van der Waals surface area (Å²) in [5.41, 5.74) is 1.65. The first-order valence-electron chi connectivity index (χ1n) is 5.56. The molecule has 3 aromatic rings. The van der Waals surface area contributed by atoms with E-state index in [2.05, 4.69) is 10.2 Å². The zero-order valence-corrected chi connectivity index (χ0v) is 9.49. The van der Waals surface area contributed by atoms with Gasteiger partial charge in [0.15, 0.2) is 5.82 Å². The summed E-state index contributed by atoms with van der Waals surface area (Å²) in [4.78, 5) is 0. The van der Waals surface area contributed by atoms with Gasteiger partial charge in [-0.3, -0.25) is 4.57 Å². The third-order valence-electron chi connectivity index (χ3n) is 2.67. The van der Waals surface area contributed by atoms with Crippen LogP contribution in [0.1, 0.15) is 0 Å². The van der Waals surface area contributed by atoms with Gasteiger partial charge in [0.05, 0.1) is 5.69 Å². The van der Waals surface area contributed by atoms with Crippen LogP contribution in [0.15, 0.2) is 60.9 Å². The molecule has 0 N–H and O–H groups in total. The van der Waals surface area contributed by atoms with E-state index in [-0.39, 0.29) is 5.82 Å². The molecule has 4 heteroatoms. The molecule has 3 nitrogen and oxygen atoms in total. The van der Waals surface area contributed by atoms with E-state index in [9.17, 15) is 4.39 Å². The molecule has 0 bridgehead atoms. The van der Waals surface area contributed by atoms with Gasteiger partial charge in [-0.1, -0.05) is 36.4 Å². The van der Waals surface area contributed by atoms with Crippen molar-refractivity contribution in [1.82, 2.24) is 14.8 Å². The van der Waals surface area contributed by atoms with Gasteiger partial charge in [-0.05, 0) is 18.2 Å². The van der Waals surface area contributed by atoms with Crippen molar-refractivity contribution >= 4 is 0 Å². The Kier molecular flexibility index (Phi) is 2.61. The highest BCUT2D eigenvalue weighted by Crippen LogP contribution is 2.20. The molecule has 0 radical (unpaired) electrons. The van der Waals surface area contributed by atoms with Gasteiger partial charge in [0.1, 0.15) is 12.1 Å². The molecule has 1 aromatic heterocycles. The van der Waals surface area contributed by atoms with Crippen molar-refractivity contribution in [3.63, 3.8) is 0 Å². The molecule has 0 aliphatic heterocycles. The molecule has 0 atom stereocenters. The molecule has 1 heterocycles. The molecular weight excluding hydrogens is 229 g/mol. The predicted octanol–water partition coefficient (Wildman–Crippen LogP) is 3.07. The zero-order chi connectivity index (χ0) is 12.4. The molecule has 0 unspecified atom stereocenters. The second-order valence-electron chi connectivity index (χ2n) is 3.87. The molecule has 0 amide bonds. The number of rotatable bonds is 2. The average Bonchev–Trinajstić information content (AvgIpc) is 2.89. The molecule has 0 saturated heterocycles. The smallest absolute Gasteiger partial charge is 0.168 e. The van der Waals surface area contributed by atoms with Crippen LogP contribution in [0.25, 0.3) is 17.1 Å². The largest absolute Gasteiger partial charge is 0.282 e. The molecule has 0 saturated carbocycles. The van der Waals surface area contributed by atoms with Gasteiger partial charge in [0, 0.05) is 5.56 Å². The fourth-order valence-corrected chi connectivity index (χ4v) is 1.83. The fraction of sp³-hybridized carbons (Fsp3) is 0. The highest BCUT2D eigenvalue weighted by molar-refractivity contribution is 5.57. The number of benzene rings is 2. The third-order valence-corrected chi connectivity index (χ3v) is 2.67. The normalized spacial score (nSPS) is 10.5. The number of aromatic nitrogens is 3. The molecular formula is C14H10FN3. The lowest BCUT2D eigenvalue weighted by atomic mass is 10.2. The predicted molar refractivity (Wildman–Crippen MR) is 66.8 cm³/mol. The molecule has 0 aliphatic carbocycles. The lowest BCUT2D eigenvalue weighted by Crippen LogP contribution is -1.96. The standard InChI is InChI=1S/C14H10FN3/c15-12-7-4-8-13(9-12)18-10-16-17-14(18)11-5-2-1-3-6-11/h1-10H. The Labute approximate surface area is 104 Å². The molecule has 2 aromatic carbocycles. The SMILES string of the molecule is Fc1cccc(-n2cnnc2-c2ccccc2)c1. The summed E-state index contributed by atoms with van der Waals surface area (Å²) in [6.45, 7) is 0. The zero-order valence-electron chi connectivity index (χ0n) is 9.49. The minimum absolute atomic E-state index is 0.278. The van der Waals surface area contributed by atoms with E-state index in [1.54, 1.807) is 17.0 Å². The van der Waals surface area contributed by atoms with Crippen LogP contribution in [0.5, 0.6) is 0 Å². The fourth-order valence-electron chi connectivity index (χ4n) is 1.83. The lowest BCUT2D eigenvalue weighted by molar-refractivity contribution is 0.626. The topological polar surface area (TPSA) is 30.7 Å². The van der Waals surface area contributed by atoms with Gasteiger partial charge in [-0.25, -0.2) is 4.39 Å². The summed E-state index contributed by atoms with van der Waals surface area (Å²) in [7, 11) is 0. The quantitative estimate of drug-likeness (QED) is 0.688. The van der Waals surface area contributed by atoms with E-state index in [0.717, 1.165) is 5.56 Å². The Bertz CT molecular complexity index is 662. The summed E-state index contributed by atoms with van der Waals surface area (Å²) in [6, 6.07) is 16.0. The first-order valence-corrected chi connectivity index (χ1v) is 5.56. The van der Waals surface area contributed by atoms with Crippen LogP contribution in [0.2, 0.25) is 0 Å². The van der Waals surface area contributed by atoms with Crippen molar-refractivity contribution < 1.29 is 4.39 Å². The molecule has 3 rings (SSSR count). The second-order valence-corrected chi connectivity index (χ2v) is 3.87. The summed E-state index contributed by atoms with van der Waals surface area (Å²) in [6.07, 6.45) is 1.58. The molecule has 88 valence electrons. The summed E-state index contributed by atoms with van der Waals surface area (Å²) in [5.74, 6) is 0.418. The van der Waals surface area contributed by atoms with Crippen molar-refractivity contribution in [2.24, 2.45) is 0 Å². The number of hydrogen-bond donors (Lipinski definition) is 0. The van der Waals surface area contributed by atoms with Crippen LogP contribution in [0, 0.1) is 5.82 Å². The van der Waals surface area contributed by atoms with Crippen molar-refractivity contribution in [2.75, 3.05) is 0 Å². The van der Waals surface area contributed by atoms with Crippen LogP contribution < -0.4 is 0 Å². The average molecular weight is 239 g/mol. The third kappa shape index (κ3) is 1.88. The summed E-state index contributed by atoms with van der Waals surface area (Å²) in [5, 5.41) is 7.98. The number of halogens is 1. The van der Waals surface area contributed by atoms with Gasteiger partial charge in [-0.15, -0.1) is 10.2 Å². The Morgan fingerprint density at radius 2 is 1.78 bits per heavy atom. The maximum atomic E-state index is 13.2.